The largest absolute Gasteiger partial charge is 0.395 e. The molecule has 2 unspecified atom stereocenters. The van der Waals surface area contributed by atoms with E-state index < -0.39 is 0 Å². The van der Waals surface area contributed by atoms with E-state index in [-0.39, 0.29) is 12.6 Å². The van der Waals surface area contributed by atoms with Crippen LogP contribution in [-0.4, -0.2) is 39.0 Å². The topological polar surface area (TPSA) is 41.3 Å². The molecule has 0 radical (unpaired) electrons. The van der Waals surface area contributed by atoms with Crippen LogP contribution in [-0.2, 0) is 13.6 Å². The van der Waals surface area contributed by atoms with E-state index in [1.807, 2.05) is 18.7 Å². The van der Waals surface area contributed by atoms with Gasteiger partial charge in [0.2, 0.25) is 0 Å². The molecular weight excluding hydrogens is 282 g/mol. The normalized spacial score (nSPS) is 25.7. The molecule has 0 aliphatic carbocycles. The molecule has 1 fully saturated rings. The van der Waals surface area contributed by atoms with Gasteiger partial charge >= 0.3 is 0 Å². The van der Waals surface area contributed by atoms with E-state index >= 15 is 0 Å². The Morgan fingerprint density at radius 3 is 2.76 bits per heavy atom. The second-order valence-electron chi connectivity index (χ2n) is 4.96. The van der Waals surface area contributed by atoms with Crippen LogP contribution in [0.5, 0.6) is 0 Å². The fourth-order valence-corrected chi connectivity index (χ4v) is 3.08. The number of aryl methyl sites for hydroxylation is 2. The zero-order chi connectivity index (χ0) is 12.6. The quantitative estimate of drug-likeness (QED) is 0.924. The summed E-state index contributed by atoms with van der Waals surface area (Å²) in [6.45, 7) is 6.38. The molecule has 4 nitrogen and oxygen atoms in total. The second-order valence-corrected chi connectivity index (χ2v) is 5.75. The van der Waals surface area contributed by atoms with Crippen molar-refractivity contribution in [3.63, 3.8) is 0 Å². The van der Waals surface area contributed by atoms with Gasteiger partial charge in [0.1, 0.15) is 0 Å². The van der Waals surface area contributed by atoms with Crippen molar-refractivity contribution in [1.82, 2.24) is 14.7 Å². The molecule has 1 N–H and O–H groups in total. The Bertz CT molecular complexity index is 405. The number of likely N-dealkylation sites (tertiary alicyclic amines) is 1. The third-order valence-corrected chi connectivity index (χ3v) is 4.83. The van der Waals surface area contributed by atoms with Crippen molar-refractivity contribution in [1.29, 1.82) is 0 Å². The Kier molecular flexibility index (Phi) is 3.90. The van der Waals surface area contributed by atoms with Gasteiger partial charge in [-0.05, 0) is 41.7 Å². The first-order valence-corrected chi connectivity index (χ1v) is 6.86. The molecule has 0 spiro atoms. The zero-order valence-corrected chi connectivity index (χ0v) is 12.2. The summed E-state index contributed by atoms with van der Waals surface area (Å²) in [6, 6.07) is 0.289. The zero-order valence-electron chi connectivity index (χ0n) is 10.6. The van der Waals surface area contributed by atoms with Crippen molar-refractivity contribution in [3.8, 4) is 0 Å². The van der Waals surface area contributed by atoms with Crippen LogP contribution >= 0.6 is 15.9 Å². The van der Waals surface area contributed by atoms with Crippen LogP contribution in [0, 0.1) is 12.8 Å². The minimum atomic E-state index is 0.246. The van der Waals surface area contributed by atoms with Crippen LogP contribution in [0.3, 0.4) is 0 Å². The SMILES string of the molecule is Cc1nn(C)c(CN2CCC(C)C2CO)c1Br. The molecular formula is C12H20BrN3O. The van der Waals surface area contributed by atoms with Gasteiger partial charge in [-0.2, -0.15) is 5.10 Å². The highest BCUT2D eigenvalue weighted by Crippen LogP contribution is 2.28. The maximum atomic E-state index is 9.45. The highest BCUT2D eigenvalue weighted by molar-refractivity contribution is 9.10. The van der Waals surface area contributed by atoms with Gasteiger partial charge in [-0.3, -0.25) is 9.58 Å². The van der Waals surface area contributed by atoms with Gasteiger partial charge < -0.3 is 5.11 Å². The molecule has 1 aliphatic rings. The Morgan fingerprint density at radius 2 is 2.24 bits per heavy atom. The Labute approximate surface area is 111 Å². The van der Waals surface area contributed by atoms with E-state index in [9.17, 15) is 5.11 Å². The van der Waals surface area contributed by atoms with E-state index in [1.54, 1.807) is 0 Å². The second kappa shape index (κ2) is 5.08. The predicted molar refractivity (Wildman–Crippen MR) is 70.7 cm³/mol. The van der Waals surface area contributed by atoms with Gasteiger partial charge in [-0.1, -0.05) is 6.92 Å². The number of aliphatic hydroxyl groups excluding tert-OH is 1. The summed E-state index contributed by atoms with van der Waals surface area (Å²) in [4.78, 5) is 2.35. The average Bonchev–Trinajstić information content (AvgIpc) is 2.75. The molecule has 1 aliphatic heterocycles. The van der Waals surface area contributed by atoms with Crippen molar-refractivity contribution in [2.24, 2.45) is 13.0 Å². The molecule has 1 aromatic heterocycles. The van der Waals surface area contributed by atoms with Gasteiger partial charge in [0.15, 0.2) is 0 Å². The number of hydrogen-bond acceptors (Lipinski definition) is 3. The monoisotopic (exact) mass is 301 g/mol. The fourth-order valence-electron chi connectivity index (χ4n) is 2.62. The minimum absolute atomic E-state index is 0.246. The fraction of sp³-hybridized carbons (Fsp3) is 0.750. The van der Waals surface area contributed by atoms with Crippen LogP contribution in [0.2, 0.25) is 0 Å². The third-order valence-electron chi connectivity index (χ3n) is 3.80. The van der Waals surface area contributed by atoms with E-state index in [2.05, 4.69) is 32.9 Å². The predicted octanol–water partition coefficient (Wildman–Crippen LogP) is 1.69. The van der Waals surface area contributed by atoms with Crippen LogP contribution in [0.25, 0.3) is 0 Å². The average molecular weight is 302 g/mol. The Morgan fingerprint density at radius 1 is 1.53 bits per heavy atom. The molecule has 0 saturated carbocycles. The molecule has 2 heterocycles. The maximum absolute atomic E-state index is 9.45. The maximum Gasteiger partial charge on any atom is 0.0739 e. The molecule has 0 amide bonds. The molecule has 1 aromatic rings. The van der Waals surface area contributed by atoms with Crippen molar-refractivity contribution in [2.75, 3.05) is 13.2 Å². The summed E-state index contributed by atoms with van der Waals surface area (Å²) in [5.41, 5.74) is 2.21. The van der Waals surface area contributed by atoms with Gasteiger partial charge in [-0.25, -0.2) is 0 Å². The van der Waals surface area contributed by atoms with Crippen molar-refractivity contribution >= 4 is 15.9 Å². The molecule has 2 rings (SSSR count). The van der Waals surface area contributed by atoms with E-state index in [0.29, 0.717) is 5.92 Å². The lowest BCUT2D eigenvalue weighted by Crippen LogP contribution is -2.35. The molecule has 2 atom stereocenters. The first-order valence-electron chi connectivity index (χ1n) is 6.07. The Balaban J connectivity index is 2.15. The summed E-state index contributed by atoms with van der Waals surface area (Å²) in [5.74, 6) is 0.577. The van der Waals surface area contributed by atoms with E-state index in [4.69, 9.17) is 0 Å². The van der Waals surface area contributed by atoms with Crippen LogP contribution in [0.15, 0.2) is 4.47 Å². The number of aliphatic hydroxyl groups is 1. The number of rotatable bonds is 3. The van der Waals surface area contributed by atoms with Gasteiger partial charge in [0.25, 0.3) is 0 Å². The molecule has 5 heteroatoms. The summed E-state index contributed by atoms with van der Waals surface area (Å²) < 4.78 is 3.02. The van der Waals surface area contributed by atoms with Crippen molar-refractivity contribution in [3.05, 3.63) is 15.9 Å². The lowest BCUT2D eigenvalue weighted by atomic mass is 10.0. The third kappa shape index (κ3) is 2.41. The van der Waals surface area contributed by atoms with E-state index in [0.717, 1.165) is 23.3 Å². The standard InChI is InChI=1S/C12H20BrN3O/c1-8-4-5-16(11(8)7-17)6-10-12(13)9(2)14-15(10)3/h8,11,17H,4-7H2,1-3H3. The minimum Gasteiger partial charge on any atom is -0.395 e. The van der Waals surface area contributed by atoms with Gasteiger partial charge in [0, 0.05) is 19.6 Å². The van der Waals surface area contributed by atoms with Gasteiger partial charge in [0.05, 0.1) is 22.5 Å². The van der Waals surface area contributed by atoms with Crippen molar-refractivity contribution < 1.29 is 5.11 Å². The highest BCUT2D eigenvalue weighted by Gasteiger charge is 2.31. The highest BCUT2D eigenvalue weighted by atomic mass is 79.9. The summed E-state index contributed by atoms with van der Waals surface area (Å²) in [5, 5.41) is 13.9. The number of nitrogens with zero attached hydrogens (tertiary/aromatic N) is 3. The lowest BCUT2D eigenvalue weighted by Gasteiger charge is -2.25. The summed E-state index contributed by atoms with van der Waals surface area (Å²) in [7, 11) is 1.97. The van der Waals surface area contributed by atoms with Crippen LogP contribution in [0.1, 0.15) is 24.7 Å². The summed E-state index contributed by atoms with van der Waals surface area (Å²) in [6.07, 6.45) is 1.17. The molecule has 0 bridgehead atoms. The van der Waals surface area contributed by atoms with E-state index in [1.165, 1.54) is 12.1 Å². The van der Waals surface area contributed by atoms with Crippen molar-refractivity contribution in [2.45, 2.75) is 32.9 Å². The molecule has 1 saturated heterocycles. The number of aromatic nitrogens is 2. The molecule has 17 heavy (non-hydrogen) atoms. The first kappa shape index (κ1) is 13.1. The smallest absolute Gasteiger partial charge is 0.0739 e. The Hall–Kier alpha value is -0.390. The number of halogens is 1. The van der Waals surface area contributed by atoms with Gasteiger partial charge in [-0.15, -0.1) is 0 Å². The molecule has 96 valence electrons. The number of hydrogen-bond donors (Lipinski definition) is 1. The van der Waals surface area contributed by atoms with Crippen LogP contribution in [0.4, 0.5) is 0 Å². The molecule has 0 aromatic carbocycles. The summed E-state index contributed by atoms with van der Waals surface area (Å²) >= 11 is 3.59. The van der Waals surface area contributed by atoms with Crippen LogP contribution < -0.4 is 0 Å². The lowest BCUT2D eigenvalue weighted by molar-refractivity contribution is 0.132. The first-order chi connectivity index (χ1) is 8.04.